The second kappa shape index (κ2) is 8.80. The first-order valence-electron chi connectivity index (χ1n) is 7.71. The molecule has 1 aromatic heterocycles. The normalized spacial score (nSPS) is 21.0. The molecule has 5 nitrogen and oxygen atoms in total. The molecule has 0 saturated carbocycles. The maximum Gasteiger partial charge on any atom is 0.0547 e. The molecule has 0 aliphatic carbocycles. The van der Waals surface area contributed by atoms with E-state index < -0.39 is 0 Å². The van der Waals surface area contributed by atoms with Gasteiger partial charge in [0, 0.05) is 65.4 Å². The summed E-state index contributed by atoms with van der Waals surface area (Å²) >= 11 is 0. The smallest absolute Gasteiger partial charge is 0.0547 e. The summed E-state index contributed by atoms with van der Waals surface area (Å²) in [5.74, 6) is 0. The molecule has 0 unspecified atom stereocenters. The zero-order chi connectivity index (χ0) is 13.6. The van der Waals surface area contributed by atoms with Gasteiger partial charge in [-0.05, 0) is 12.1 Å². The second-order valence-electron chi connectivity index (χ2n) is 5.67. The summed E-state index contributed by atoms with van der Waals surface area (Å²) in [6.45, 7) is 10.9. The Morgan fingerprint density at radius 2 is 1.24 bits per heavy atom. The predicted molar refractivity (Wildman–Crippen MR) is 90.9 cm³/mol. The molecule has 3 heterocycles. The number of piperazine rings is 2. The van der Waals surface area contributed by atoms with E-state index in [0.717, 1.165) is 65.4 Å². The van der Waals surface area contributed by atoms with Crippen LogP contribution in [0.15, 0.2) is 18.2 Å². The summed E-state index contributed by atoms with van der Waals surface area (Å²) in [6.07, 6.45) is 0. The van der Waals surface area contributed by atoms with Gasteiger partial charge in [-0.15, -0.1) is 17.0 Å². The van der Waals surface area contributed by atoms with Crippen molar-refractivity contribution in [2.24, 2.45) is 0 Å². The SMILES string of the molecule is Br.c1cc(CN2CCNCC2)nc(CN2CCNCC2)c1. The number of hydrogen-bond donors (Lipinski definition) is 2. The van der Waals surface area contributed by atoms with Gasteiger partial charge in [-0.1, -0.05) is 6.07 Å². The van der Waals surface area contributed by atoms with E-state index in [0.29, 0.717) is 0 Å². The van der Waals surface area contributed by atoms with Crippen LogP contribution in [-0.2, 0) is 13.1 Å². The summed E-state index contributed by atoms with van der Waals surface area (Å²) in [5.41, 5.74) is 2.42. The number of pyridine rings is 1. The van der Waals surface area contributed by atoms with E-state index in [9.17, 15) is 0 Å². The highest BCUT2D eigenvalue weighted by Gasteiger charge is 2.13. The molecule has 2 saturated heterocycles. The Kier molecular flexibility index (Phi) is 7.06. The lowest BCUT2D eigenvalue weighted by molar-refractivity contribution is 0.225. The van der Waals surface area contributed by atoms with E-state index in [1.54, 1.807) is 0 Å². The van der Waals surface area contributed by atoms with Crippen molar-refractivity contribution >= 4 is 17.0 Å². The van der Waals surface area contributed by atoms with Gasteiger partial charge < -0.3 is 10.6 Å². The van der Waals surface area contributed by atoms with Gasteiger partial charge >= 0.3 is 0 Å². The minimum Gasteiger partial charge on any atom is -0.314 e. The van der Waals surface area contributed by atoms with Gasteiger partial charge in [-0.3, -0.25) is 14.8 Å². The van der Waals surface area contributed by atoms with E-state index in [2.05, 4.69) is 38.6 Å². The van der Waals surface area contributed by atoms with Crippen molar-refractivity contribution in [2.75, 3.05) is 52.4 Å². The van der Waals surface area contributed by atoms with E-state index in [1.807, 2.05) is 0 Å². The molecule has 2 aliphatic heterocycles. The largest absolute Gasteiger partial charge is 0.314 e. The maximum absolute atomic E-state index is 4.84. The quantitative estimate of drug-likeness (QED) is 0.821. The van der Waals surface area contributed by atoms with Crippen LogP contribution < -0.4 is 10.6 Å². The molecule has 6 heteroatoms. The maximum atomic E-state index is 4.84. The van der Waals surface area contributed by atoms with E-state index in [1.165, 1.54) is 11.4 Å². The minimum absolute atomic E-state index is 0. The number of rotatable bonds is 4. The lowest BCUT2D eigenvalue weighted by Gasteiger charge is -2.28. The molecular weight excluding hydrogens is 330 g/mol. The molecule has 2 N–H and O–H groups in total. The molecule has 21 heavy (non-hydrogen) atoms. The summed E-state index contributed by atoms with van der Waals surface area (Å²) in [5, 5.41) is 6.78. The van der Waals surface area contributed by atoms with E-state index in [-0.39, 0.29) is 17.0 Å². The first kappa shape index (κ1) is 16.8. The first-order valence-corrected chi connectivity index (χ1v) is 7.71. The van der Waals surface area contributed by atoms with Gasteiger partial charge in [0.15, 0.2) is 0 Å². The van der Waals surface area contributed by atoms with Crippen molar-refractivity contribution in [2.45, 2.75) is 13.1 Å². The highest BCUT2D eigenvalue weighted by molar-refractivity contribution is 8.93. The molecule has 0 radical (unpaired) electrons. The Bertz CT molecular complexity index is 381. The van der Waals surface area contributed by atoms with Gasteiger partial charge in [0.25, 0.3) is 0 Å². The van der Waals surface area contributed by atoms with Crippen molar-refractivity contribution in [3.05, 3.63) is 29.6 Å². The van der Waals surface area contributed by atoms with Crippen LogP contribution in [0, 0.1) is 0 Å². The van der Waals surface area contributed by atoms with Gasteiger partial charge in [0.1, 0.15) is 0 Å². The molecule has 118 valence electrons. The van der Waals surface area contributed by atoms with Crippen LogP contribution in [0.2, 0.25) is 0 Å². The molecule has 0 bridgehead atoms. The van der Waals surface area contributed by atoms with Crippen LogP contribution in [-0.4, -0.2) is 67.1 Å². The average Bonchev–Trinajstić information content (AvgIpc) is 2.50. The van der Waals surface area contributed by atoms with Crippen LogP contribution in [0.3, 0.4) is 0 Å². The number of hydrogen-bond acceptors (Lipinski definition) is 5. The number of aromatic nitrogens is 1. The molecule has 3 rings (SSSR count). The third-order valence-corrected chi connectivity index (χ3v) is 4.05. The Morgan fingerprint density at radius 3 is 1.67 bits per heavy atom. The summed E-state index contributed by atoms with van der Waals surface area (Å²) in [4.78, 5) is 9.80. The molecule has 2 aliphatic rings. The number of halogens is 1. The highest BCUT2D eigenvalue weighted by atomic mass is 79.9. The molecule has 0 aromatic carbocycles. The van der Waals surface area contributed by atoms with Gasteiger partial charge in [-0.25, -0.2) is 0 Å². The van der Waals surface area contributed by atoms with Crippen LogP contribution in [0.25, 0.3) is 0 Å². The van der Waals surface area contributed by atoms with E-state index >= 15 is 0 Å². The molecule has 1 aromatic rings. The summed E-state index contributed by atoms with van der Waals surface area (Å²) in [6, 6.07) is 6.47. The fourth-order valence-corrected chi connectivity index (χ4v) is 2.90. The van der Waals surface area contributed by atoms with Crippen LogP contribution >= 0.6 is 17.0 Å². The van der Waals surface area contributed by atoms with Gasteiger partial charge in [-0.2, -0.15) is 0 Å². The Morgan fingerprint density at radius 1 is 0.810 bits per heavy atom. The Hall–Kier alpha value is -0.530. The third kappa shape index (κ3) is 5.30. The summed E-state index contributed by atoms with van der Waals surface area (Å²) in [7, 11) is 0. The summed E-state index contributed by atoms with van der Waals surface area (Å²) < 4.78 is 0. The van der Waals surface area contributed by atoms with Crippen molar-refractivity contribution in [3.8, 4) is 0 Å². The highest BCUT2D eigenvalue weighted by Crippen LogP contribution is 2.07. The second-order valence-corrected chi connectivity index (χ2v) is 5.67. The lowest BCUT2D eigenvalue weighted by Crippen LogP contribution is -2.43. The Balaban J connectivity index is 0.00000161. The Labute approximate surface area is 137 Å². The molecule has 0 atom stereocenters. The third-order valence-electron chi connectivity index (χ3n) is 4.05. The molecule has 0 amide bonds. The number of nitrogens with one attached hydrogen (secondary N) is 2. The van der Waals surface area contributed by atoms with Crippen molar-refractivity contribution in [1.82, 2.24) is 25.4 Å². The molecule has 2 fully saturated rings. The van der Waals surface area contributed by atoms with E-state index in [4.69, 9.17) is 4.98 Å². The van der Waals surface area contributed by atoms with Gasteiger partial charge in [0.2, 0.25) is 0 Å². The average molecular weight is 356 g/mol. The standard InChI is InChI=1S/C15H25N5.BrH/c1-2-14(12-19-8-4-16-5-9-19)18-15(3-1)13-20-10-6-17-7-11-20;/h1-3,16-17H,4-13H2;1H. The predicted octanol–water partition coefficient (Wildman–Crippen LogP) is 0.470. The fourth-order valence-electron chi connectivity index (χ4n) is 2.90. The van der Waals surface area contributed by atoms with Crippen molar-refractivity contribution < 1.29 is 0 Å². The molecular formula is C15H26BrN5. The lowest BCUT2D eigenvalue weighted by atomic mass is 10.2. The zero-order valence-corrected chi connectivity index (χ0v) is 14.3. The molecule has 0 spiro atoms. The van der Waals surface area contributed by atoms with Crippen molar-refractivity contribution in [3.63, 3.8) is 0 Å². The van der Waals surface area contributed by atoms with Crippen molar-refractivity contribution in [1.29, 1.82) is 0 Å². The minimum atomic E-state index is 0. The monoisotopic (exact) mass is 355 g/mol. The van der Waals surface area contributed by atoms with Crippen LogP contribution in [0.4, 0.5) is 0 Å². The topological polar surface area (TPSA) is 43.4 Å². The van der Waals surface area contributed by atoms with Crippen LogP contribution in [0.5, 0.6) is 0 Å². The first-order chi connectivity index (χ1) is 9.90. The fraction of sp³-hybridized carbons (Fsp3) is 0.667. The number of nitrogens with zero attached hydrogens (tertiary/aromatic N) is 3. The van der Waals surface area contributed by atoms with Gasteiger partial charge in [0.05, 0.1) is 11.4 Å². The van der Waals surface area contributed by atoms with Crippen LogP contribution in [0.1, 0.15) is 11.4 Å². The zero-order valence-electron chi connectivity index (χ0n) is 12.6.